The van der Waals surface area contributed by atoms with Crippen molar-refractivity contribution in [1.82, 2.24) is 0 Å². The summed E-state index contributed by atoms with van der Waals surface area (Å²) in [6.07, 6.45) is 11.7. The zero-order valence-electron chi connectivity index (χ0n) is 8.86. The van der Waals surface area contributed by atoms with Crippen LogP contribution >= 0.6 is 7.14 Å². The maximum Gasteiger partial charge on any atom is 0.135 e. The van der Waals surface area contributed by atoms with Gasteiger partial charge in [-0.1, -0.05) is 37.0 Å². The van der Waals surface area contributed by atoms with Crippen LogP contribution in [0, 0.1) is 0 Å². The van der Waals surface area contributed by atoms with Crippen molar-refractivity contribution in [3.8, 4) is 0 Å². The third-order valence-corrected chi connectivity index (χ3v) is 5.16. The van der Waals surface area contributed by atoms with Crippen LogP contribution in [-0.2, 0) is 4.57 Å². The van der Waals surface area contributed by atoms with E-state index in [2.05, 4.69) is 12.7 Å². The summed E-state index contributed by atoms with van der Waals surface area (Å²) >= 11 is 0. The van der Waals surface area contributed by atoms with Crippen molar-refractivity contribution in [3.05, 3.63) is 47.6 Å². The maximum atomic E-state index is 12.4. The van der Waals surface area contributed by atoms with Gasteiger partial charge in [0.2, 0.25) is 0 Å². The van der Waals surface area contributed by atoms with E-state index in [4.69, 9.17) is 0 Å². The highest BCUT2D eigenvalue weighted by Crippen LogP contribution is 2.59. The van der Waals surface area contributed by atoms with Gasteiger partial charge in [-0.15, -0.1) is 0 Å². The van der Waals surface area contributed by atoms with Crippen LogP contribution in [0.5, 0.6) is 0 Å². The molecule has 0 saturated heterocycles. The lowest BCUT2D eigenvalue weighted by Crippen LogP contribution is -1.91. The van der Waals surface area contributed by atoms with Crippen molar-refractivity contribution in [3.63, 3.8) is 0 Å². The lowest BCUT2D eigenvalue weighted by molar-refractivity contribution is 0.585. The summed E-state index contributed by atoms with van der Waals surface area (Å²) < 4.78 is 12.4. The first kappa shape index (κ1) is 11.3. The van der Waals surface area contributed by atoms with Crippen LogP contribution in [0.1, 0.15) is 19.8 Å². The molecule has 0 bridgehead atoms. The Bertz CT molecular complexity index is 359. The molecule has 76 valence electrons. The third-order valence-electron chi connectivity index (χ3n) is 2.45. The topological polar surface area (TPSA) is 17.1 Å². The lowest BCUT2D eigenvalue weighted by Gasteiger charge is -2.18. The van der Waals surface area contributed by atoms with Crippen LogP contribution in [-0.4, -0.2) is 6.66 Å². The molecule has 0 heterocycles. The van der Waals surface area contributed by atoms with E-state index in [-0.39, 0.29) is 0 Å². The van der Waals surface area contributed by atoms with E-state index in [0.717, 1.165) is 23.5 Å². The van der Waals surface area contributed by atoms with Crippen molar-refractivity contribution >= 4 is 7.14 Å². The van der Waals surface area contributed by atoms with Gasteiger partial charge >= 0.3 is 0 Å². The molecule has 0 spiro atoms. The Morgan fingerprint density at radius 3 is 2.86 bits per heavy atom. The van der Waals surface area contributed by atoms with Crippen molar-refractivity contribution in [2.75, 3.05) is 6.66 Å². The molecule has 0 amide bonds. The minimum Gasteiger partial charge on any atom is -0.314 e. The van der Waals surface area contributed by atoms with Crippen LogP contribution in [0.3, 0.4) is 0 Å². The normalized spacial score (nSPS) is 20.6. The highest BCUT2D eigenvalue weighted by molar-refractivity contribution is 7.71. The average Bonchev–Trinajstić information content (AvgIpc) is 2.19. The van der Waals surface area contributed by atoms with Gasteiger partial charge in [0.1, 0.15) is 7.14 Å². The summed E-state index contributed by atoms with van der Waals surface area (Å²) in [6.45, 7) is 7.60. The predicted molar refractivity (Wildman–Crippen MR) is 63.9 cm³/mol. The van der Waals surface area contributed by atoms with Gasteiger partial charge < -0.3 is 4.57 Å². The highest BCUT2D eigenvalue weighted by Gasteiger charge is 2.22. The molecule has 0 aromatic heterocycles. The summed E-state index contributed by atoms with van der Waals surface area (Å²) in [4.78, 5) is 0. The zero-order chi connectivity index (χ0) is 10.6. The average molecular weight is 208 g/mol. The molecule has 0 aliphatic heterocycles. The van der Waals surface area contributed by atoms with Gasteiger partial charge in [0.05, 0.1) is 0 Å². The molecule has 1 aliphatic rings. The van der Waals surface area contributed by atoms with E-state index < -0.39 is 7.14 Å². The van der Waals surface area contributed by atoms with E-state index in [1.165, 1.54) is 0 Å². The highest BCUT2D eigenvalue weighted by atomic mass is 31.2. The third kappa shape index (κ3) is 2.36. The second kappa shape index (κ2) is 4.61. The van der Waals surface area contributed by atoms with Crippen LogP contribution in [0.4, 0.5) is 0 Å². The Balaban J connectivity index is 2.94. The first-order chi connectivity index (χ1) is 6.59. The fourth-order valence-electron chi connectivity index (χ4n) is 1.46. The van der Waals surface area contributed by atoms with E-state index in [9.17, 15) is 4.57 Å². The van der Waals surface area contributed by atoms with Crippen molar-refractivity contribution < 1.29 is 4.57 Å². The minimum absolute atomic E-state index is 0.751. The monoisotopic (exact) mass is 208 g/mol. The first-order valence-corrected chi connectivity index (χ1v) is 7.00. The number of rotatable bonds is 3. The second-order valence-corrected chi connectivity index (χ2v) is 6.54. The van der Waals surface area contributed by atoms with E-state index in [0.29, 0.717) is 0 Å². The fraction of sp³-hybridized carbons (Fsp3) is 0.333. The van der Waals surface area contributed by atoms with Gasteiger partial charge in [-0.25, -0.2) is 0 Å². The quantitative estimate of drug-likeness (QED) is 0.499. The molecule has 0 aromatic carbocycles. The van der Waals surface area contributed by atoms with Gasteiger partial charge in [0.25, 0.3) is 0 Å². The van der Waals surface area contributed by atoms with Crippen molar-refractivity contribution in [2.45, 2.75) is 19.8 Å². The van der Waals surface area contributed by atoms with Crippen LogP contribution < -0.4 is 0 Å². The molecule has 14 heavy (non-hydrogen) atoms. The summed E-state index contributed by atoms with van der Waals surface area (Å²) in [5.41, 5.74) is 0. The summed E-state index contributed by atoms with van der Waals surface area (Å²) in [5.74, 6) is 0. The molecule has 0 saturated carbocycles. The Hall–Kier alpha value is -0.810. The van der Waals surface area contributed by atoms with Gasteiger partial charge in [0, 0.05) is 5.31 Å². The first-order valence-electron chi connectivity index (χ1n) is 4.85. The Morgan fingerprint density at radius 2 is 2.36 bits per heavy atom. The lowest BCUT2D eigenvalue weighted by atomic mass is 10.2. The van der Waals surface area contributed by atoms with Gasteiger partial charge in [-0.2, -0.15) is 0 Å². The maximum absolute atomic E-state index is 12.4. The van der Waals surface area contributed by atoms with Crippen molar-refractivity contribution in [2.24, 2.45) is 0 Å². The smallest absolute Gasteiger partial charge is 0.135 e. The summed E-state index contributed by atoms with van der Waals surface area (Å²) in [7, 11) is -2.35. The second-order valence-electron chi connectivity index (χ2n) is 3.54. The molecule has 1 aliphatic carbocycles. The fourth-order valence-corrected chi connectivity index (χ4v) is 3.19. The minimum atomic E-state index is -2.35. The molecular weight excluding hydrogens is 191 g/mol. The molecule has 1 rings (SSSR count). The van der Waals surface area contributed by atoms with Crippen LogP contribution in [0.25, 0.3) is 0 Å². The molecule has 0 N–H and O–H groups in total. The van der Waals surface area contributed by atoms with Crippen LogP contribution in [0.15, 0.2) is 47.6 Å². The van der Waals surface area contributed by atoms with E-state index >= 15 is 0 Å². The molecular formula is C12H17OP. The van der Waals surface area contributed by atoms with E-state index in [1.54, 1.807) is 6.66 Å². The van der Waals surface area contributed by atoms with Gasteiger partial charge in [-0.3, -0.25) is 0 Å². The molecule has 2 heteroatoms. The Morgan fingerprint density at radius 1 is 1.64 bits per heavy atom. The SMILES string of the molecule is C=C(/C=C\C)P(C)(=O)C1=CC=CCC1. The molecule has 0 radical (unpaired) electrons. The molecule has 1 atom stereocenters. The van der Waals surface area contributed by atoms with Crippen LogP contribution in [0.2, 0.25) is 0 Å². The van der Waals surface area contributed by atoms with Crippen molar-refractivity contribution in [1.29, 1.82) is 0 Å². The molecule has 1 nitrogen and oxygen atoms in total. The van der Waals surface area contributed by atoms with E-state index in [1.807, 2.05) is 31.2 Å². The number of hydrogen-bond acceptors (Lipinski definition) is 1. The standard InChI is InChI=1S/C12H17OP/c1-4-8-11(2)14(3,13)12-9-6-5-7-10-12/h4-6,8-9H,2,7,10H2,1,3H3/b8-4-. The largest absolute Gasteiger partial charge is 0.314 e. The summed E-state index contributed by atoms with van der Waals surface area (Å²) in [6, 6.07) is 0. The number of allylic oxidation sites excluding steroid dienone is 7. The molecule has 1 unspecified atom stereocenters. The molecule has 0 aromatic rings. The summed E-state index contributed by atoms with van der Waals surface area (Å²) in [5, 5.41) is 1.80. The number of hydrogen-bond donors (Lipinski definition) is 0. The Kier molecular flexibility index (Phi) is 3.71. The van der Waals surface area contributed by atoms with Gasteiger partial charge in [0.15, 0.2) is 0 Å². The Labute approximate surface area is 86.3 Å². The predicted octanol–water partition coefficient (Wildman–Crippen LogP) is 4.30. The zero-order valence-corrected chi connectivity index (χ0v) is 9.76. The molecule has 0 fully saturated rings. The van der Waals surface area contributed by atoms with Gasteiger partial charge in [-0.05, 0) is 31.7 Å².